The van der Waals surface area contributed by atoms with E-state index in [4.69, 9.17) is 9.47 Å². The number of hydrogen-bond donors (Lipinski definition) is 2. The Balaban J connectivity index is 5.15. The maximum absolute atomic E-state index is 10.9. The molecule has 0 spiro atoms. The van der Waals surface area contributed by atoms with Gasteiger partial charge in [0.25, 0.3) is 5.97 Å². The van der Waals surface area contributed by atoms with Gasteiger partial charge < -0.3 is 19.7 Å². The van der Waals surface area contributed by atoms with Crippen molar-refractivity contribution in [3.05, 3.63) is 0 Å². The molecule has 1 unspecified atom stereocenters. The highest BCUT2D eigenvalue weighted by Crippen LogP contribution is 2.39. The minimum absolute atomic E-state index is 0.00169. The maximum atomic E-state index is 10.9. The van der Waals surface area contributed by atoms with Crippen LogP contribution in [0, 0.1) is 23.2 Å². The molecule has 0 aliphatic rings. The standard InChI is InChI=1S/C16H34O4/c1-11(2)9-19-16(18,20-10-12(3)4)15(7,8)14(17)13(5)6/h11-14,17-18H,9-10H2,1-8H3. The van der Waals surface area contributed by atoms with E-state index in [1.165, 1.54) is 0 Å². The van der Waals surface area contributed by atoms with Crippen LogP contribution in [0.25, 0.3) is 0 Å². The van der Waals surface area contributed by atoms with Crippen molar-refractivity contribution in [3.63, 3.8) is 0 Å². The lowest BCUT2D eigenvalue weighted by Gasteiger charge is -2.45. The summed E-state index contributed by atoms with van der Waals surface area (Å²) in [6.07, 6.45) is -0.730. The van der Waals surface area contributed by atoms with E-state index in [0.717, 1.165) is 0 Å². The van der Waals surface area contributed by atoms with Crippen molar-refractivity contribution in [2.24, 2.45) is 23.2 Å². The second kappa shape index (κ2) is 7.74. The number of ether oxygens (including phenoxy) is 2. The average molecular weight is 290 g/mol. The van der Waals surface area contributed by atoms with Crippen molar-refractivity contribution in [1.82, 2.24) is 0 Å². The van der Waals surface area contributed by atoms with Gasteiger partial charge in [0.1, 0.15) is 0 Å². The first kappa shape index (κ1) is 19.8. The van der Waals surface area contributed by atoms with Gasteiger partial charge in [-0.1, -0.05) is 41.5 Å². The molecule has 0 heterocycles. The normalized spacial score (nSPS) is 15.4. The Labute approximate surface area is 124 Å². The lowest BCUT2D eigenvalue weighted by atomic mass is 9.78. The zero-order chi connectivity index (χ0) is 16.1. The molecule has 2 N–H and O–H groups in total. The van der Waals surface area contributed by atoms with Crippen LogP contribution < -0.4 is 0 Å². The fraction of sp³-hybridized carbons (Fsp3) is 1.00. The zero-order valence-electron chi connectivity index (χ0n) is 14.4. The first-order valence-electron chi connectivity index (χ1n) is 7.62. The Morgan fingerprint density at radius 2 is 1.20 bits per heavy atom. The van der Waals surface area contributed by atoms with Crippen molar-refractivity contribution >= 4 is 0 Å². The molecule has 0 saturated carbocycles. The molecular weight excluding hydrogens is 256 g/mol. The Hall–Kier alpha value is -0.160. The van der Waals surface area contributed by atoms with Crippen LogP contribution in [0.2, 0.25) is 0 Å². The summed E-state index contributed by atoms with van der Waals surface area (Å²) in [7, 11) is 0. The summed E-state index contributed by atoms with van der Waals surface area (Å²) >= 11 is 0. The smallest absolute Gasteiger partial charge is 0.288 e. The predicted molar refractivity (Wildman–Crippen MR) is 81.2 cm³/mol. The molecule has 122 valence electrons. The van der Waals surface area contributed by atoms with Crippen molar-refractivity contribution in [2.45, 2.75) is 67.5 Å². The van der Waals surface area contributed by atoms with Crippen molar-refractivity contribution in [3.8, 4) is 0 Å². The van der Waals surface area contributed by atoms with Crippen LogP contribution in [-0.2, 0) is 9.47 Å². The van der Waals surface area contributed by atoms with Crippen molar-refractivity contribution in [2.75, 3.05) is 13.2 Å². The second-order valence-corrected chi connectivity index (χ2v) is 7.40. The molecule has 0 aromatic heterocycles. The number of hydrogen-bond acceptors (Lipinski definition) is 4. The topological polar surface area (TPSA) is 58.9 Å². The lowest BCUT2D eigenvalue weighted by Crippen LogP contribution is -2.57. The summed E-state index contributed by atoms with van der Waals surface area (Å²) in [4.78, 5) is 0. The van der Waals surface area contributed by atoms with Crippen LogP contribution in [0.15, 0.2) is 0 Å². The molecule has 0 bridgehead atoms. The van der Waals surface area contributed by atoms with Crippen LogP contribution in [0.4, 0.5) is 0 Å². The first-order valence-corrected chi connectivity index (χ1v) is 7.62. The fourth-order valence-electron chi connectivity index (χ4n) is 1.99. The highest BCUT2D eigenvalue weighted by molar-refractivity contribution is 4.88. The van der Waals surface area contributed by atoms with E-state index in [1.54, 1.807) is 13.8 Å². The van der Waals surface area contributed by atoms with Gasteiger partial charge >= 0.3 is 0 Å². The Kier molecular flexibility index (Phi) is 7.67. The Morgan fingerprint density at radius 3 is 1.45 bits per heavy atom. The quantitative estimate of drug-likeness (QED) is 0.641. The molecule has 0 aliphatic heterocycles. The van der Waals surface area contributed by atoms with Gasteiger partial charge in [-0.25, -0.2) is 0 Å². The zero-order valence-corrected chi connectivity index (χ0v) is 14.4. The van der Waals surface area contributed by atoms with Crippen LogP contribution in [0.5, 0.6) is 0 Å². The molecule has 0 amide bonds. The van der Waals surface area contributed by atoms with Gasteiger partial charge in [-0.15, -0.1) is 0 Å². The van der Waals surface area contributed by atoms with E-state index in [2.05, 4.69) is 0 Å². The first-order chi connectivity index (χ1) is 8.94. The van der Waals surface area contributed by atoms with Gasteiger partial charge in [-0.05, 0) is 31.6 Å². The highest BCUT2D eigenvalue weighted by Gasteiger charge is 2.52. The molecule has 0 fully saturated rings. The summed E-state index contributed by atoms with van der Waals surface area (Å²) in [5, 5.41) is 21.3. The van der Waals surface area contributed by atoms with Gasteiger partial charge in [0.05, 0.1) is 24.7 Å². The highest BCUT2D eigenvalue weighted by atomic mass is 16.8. The summed E-state index contributed by atoms with van der Waals surface area (Å²) in [5.74, 6) is -1.24. The molecule has 0 radical (unpaired) electrons. The van der Waals surface area contributed by atoms with E-state index in [-0.39, 0.29) is 17.8 Å². The van der Waals surface area contributed by atoms with Crippen LogP contribution >= 0.6 is 0 Å². The van der Waals surface area contributed by atoms with Gasteiger partial charge in [-0.2, -0.15) is 0 Å². The molecule has 4 nitrogen and oxygen atoms in total. The molecule has 20 heavy (non-hydrogen) atoms. The molecule has 0 rings (SSSR count). The molecule has 1 atom stereocenters. The van der Waals surface area contributed by atoms with E-state index in [0.29, 0.717) is 13.2 Å². The largest absolute Gasteiger partial charge is 0.392 e. The minimum Gasteiger partial charge on any atom is -0.392 e. The molecule has 0 aromatic carbocycles. The van der Waals surface area contributed by atoms with Crippen LogP contribution in [0.3, 0.4) is 0 Å². The summed E-state index contributed by atoms with van der Waals surface area (Å²) in [6.45, 7) is 16.2. The lowest BCUT2D eigenvalue weighted by molar-refractivity contribution is -0.424. The third-order valence-corrected chi connectivity index (χ3v) is 3.41. The molecule has 0 saturated heterocycles. The second-order valence-electron chi connectivity index (χ2n) is 7.40. The Morgan fingerprint density at radius 1 is 0.850 bits per heavy atom. The number of aliphatic hydroxyl groups excluding tert-OH is 1. The van der Waals surface area contributed by atoms with E-state index in [9.17, 15) is 10.2 Å². The molecule has 0 aliphatic carbocycles. The third-order valence-electron chi connectivity index (χ3n) is 3.41. The maximum Gasteiger partial charge on any atom is 0.288 e. The van der Waals surface area contributed by atoms with Crippen molar-refractivity contribution in [1.29, 1.82) is 0 Å². The summed E-state index contributed by atoms with van der Waals surface area (Å²) < 4.78 is 11.3. The average Bonchev–Trinajstić information content (AvgIpc) is 2.32. The molecule has 0 aromatic rings. The Bertz CT molecular complexity index is 260. The van der Waals surface area contributed by atoms with E-state index < -0.39 is 17.5 Å². The van der Waals surface area contributed by atoms with Crippen molar-refractivity contribution < 1.29 is 19.7 Å². The molecular formula is C16H34O4. The van der Waals surface area contributed by atoms with E-state index in [1.807, 2.05) is 41.5 Å². The summed E-state index contributed by atoms with van der Waals surface area (Å²) in [6, 6.07) is 0. The van der Waals surface area contributed by atoms with Crippen LogP contribution in [0.1, 0.15) is 55.4 Å². The van der Waals surface area contributed by atoms with Gasteiger partial charge in [0, 0.05) is 0 Å². The summed E-state index contributed by atoms with van der Waals surface area (Å²) in [5.41, 5.74) is -0.926. The van der Waals surface area contributed by atoms with Crippen LogP contribution in [-0.4, -0.2) is 35.5 Å². The number of rotatable bonds is 9. The van der Waals surface area contributed by atoms with Gasteiger partial charge in [-0.3, -0.25) is 0 Å². The monoisotopic (exact) mass is 290 g/mol. The predicted octanol–water partition coefficient (Wildman–Crippen LogP) is 3.02. The third kappa shape index (κ3) is 5.32. The van der Waals surface area contributed by atoms with Gasteiger partial charge in [0.15, 0.2) is 0 Å². The molecule has 4 heteroatoms. The van der Waals surface area contributed by atoms with E-state index >= 15 is 0 Å². The minimum atomic E-state index is -1.79. The fourth-order valence-corrected chi connectivity index (χ4v) is 1.99. The van der Waals surface area contributed by atoms with Gasteiger partial charge in [0.2, 0.25) is 0 Å². The SMILES string of the molecule is CC(C)COC(O)(OCC(C)C)C(C)(C)C(O)C(C)C. The number of aliphatic hydroxyl groups is 2.